The average molecular weight is 327 g/mol. The van der Waals surface area contributed by atoms with Gasteiger partial charge in [0.15, 0.2) is 0 Å². The van der Waals surface area contributed by atoms with Gasteiger partial charge in [-0.25, -0.2) is 9.97 Å². The largest absolute Gasteiger partial charge is 0.371 e. The molecule has 1 spiro atoms. The predicted molar refractivity (Wildman–Crippen MR) is 92.7 cm³/mol. The van der Waals surface area contributed by atoms with E-state index in [2.05, 4.69) is 31.8 Å². The molecule has 2 aliphatic heterocycles. The van der Waals surface area contributed by atoms with Crippen molar-refractivity contribution in [3.05, 3.63) is 42.6 Å². The summed E-state index contributed by atoms with van der Waals surface area (Å²) < 4.78 is 8.39. The average Bonchev–Trinajstić information content (AvgIpc) is 3.16. The molecule has 128 valence electrons. The fourth-order valence-corrected chi connectivity index (χ4v) is 3.97. The zero-order valence-corrected chi connectivity index (χ0v) is 14.2. The monoisotopic (exact) mass is 327 g/mol. The first-order chi connectivity index (χ1) is 11.7. The number of imidazole rings is 1. The van der Waals surface area contributed by atoms with Gasteiger partial charge in [0, 0.05) is 39.0 Å². The van der Waals surface area contributed by atoms with E-state index in [4.69, 9.17) is 4.74 Å². The van der Waals surface area contributed by atoms with Crippen LogP contribution in [0.15, 0.2) is 36.9 Å². The maximum atomic E-state index is 6.29. The van der Waals surface area contributed by atoms with E-state index in [1.165, 1.54) is 12.1 Å². The van der Waals surface area contributed by atoms with Gasteiger partial charge in [-0.2, -0.15) is 0 Å². The van der Waals surface area contributed by atoms with Crippen LogP contribution in [0.1, 0.15) is 25.0 Å². The number of aryl methyl sites for hydroxylation is 1. The van der Waals surface area contributed by atoms with Crippen molar-refractivity contribution in [3.8, 4) is 0 Å². The van der Waals surface area contributed by atoms with Gasteiger partial charge in [-0.05, 0) is 31.5 Å². The Kier molecular flexibility index (Phi) is 4.24. The first kappa shape index (κ1) is 15.6. The second-order valence-corrected chi connectivity index (χ2v) is 7.06. The number of aromatic nitrogens is 3. The van der Waals surface area contributed by atoms with Gasteiger partial charge in [0.25, 0.3) is 0 Å². The summed E-state index contributed by atoms with van der Waals surface area (Å²) in [5.74, 6) is 0.936. The zero-order chi connectivity index (χ0) is 16.4. The van der Waals surface area contributed by atoms with Crippen molar-refractivity contribution in [1.82, 2.24) is 19.4 Å². The van der Waals surface area contributed by atoms with Gasteiger partial charge in [0.05, 0.1) is 30.3 Å². The van der Waals surface area contributed by atoms with Gasteiger partial charge in [-0.3, -0.25) is 4.90 Å². The molecule has 2 aliphatic rings. The Morgan fingerprint density at radius 1 is 1.42 bits per heavy atom. The third kappa shape index (κ3) is 3.30. The molecule has 2 aromatic heterocycles. The maximum absolute atomic E-state index is 6.29. The van der Waals surface area contributed by atoms with Crippen LogP contribution in [0.5, 0.6) is 0 Å². The number of piperidine rings is 1. The third-order valence-electron chi connectivity index (χ3n) is 5.15. The molecule has 0 saturated carbocycles. The van der Waals surface area contributed by atoms with Crippen LogP contribution < -0.4 is 5.32 Å². The Morgan fingerprint density at radius 2 is 2.38 bits per heavy atom. The van der Waals surface area contributed by atoms with Crippen LogP contribution in [-0.2, 0) is 18.3 Å². The number of nitrogens with zero attached hydrogens (tertiary/aromatic N) is 4. The van der Waals surface area contributed by atoms with Crippen molar-refractivity contribution in [2.75, 3.05) is 25.0 Å². The molecule has 0 bridgehead atoms. The molecular weight excluding hydrogens is 302 g/mol. The first-order valence-corrected chi connectivity index (χ1v) is 8.72. The molecule has 4 heterocycles. The lowest BCUT2D eigenvalue weighted by molar-refractivity contribution is -0.0537. The Balaban J connectivity index is 1.38. The topological polar surface area (TPSA) is 55.2 Å². The number of anilines is 1. The molecule has 6 heteroatoms. The standard InChI is InChI=1S/C18H25N5O/c1-22-14-19-10-16(22)11-23-8-4-6-18(13-23)9-15(12-24-18)21-17-5-2-3-7-20-17/h2-3,5,7,10,14-15H,4,6,8-9,11-13H2,1H3,(H,20,21)/t15-,18+/m0/s1. The molecule has 2 atom stereocenters. The molecule has 0 aliphatic carbocycles. The second kappa shape index (κ2) is 6.53. The lowest BCUT2D eigenvalue weighted by atomic mass is 9.88. The minimum Gasteiger partial charge on any atom is -0.371 e. The summed E-state index contributed by atoms with van der Waals surface area (Å²) in [4.78, 5) is 11.1. The molecule has 2 fully saturated rings. The van der Waals surface area contributed by atoms with E-state index in [1.807, 2.05) is 36.9 Å². The van der Waals surface area contributed by atoms with E-state index >= 15 is 0 Å². The Bertz CT molecular complexity index is 673. The minimum atomic E-state index is -0.0106. The molecule has 0 aromatic carbocycles. The second-order valence-electron chi connectivity index (χ2n) is 7.06. The Hall–Kier alpha value is -1.92. The summed E-state index contributed by atoms with van der Waals surface area (Å²) in [5.41, 5.74) is 1.25. The molecule has 0 radical (unpaired) electrons. The lowest BCUT2D eigenvalue weighted by Gasteiger charge is -2.39. The van der Waals surface area contributed by atoms with Crippen LogP contribution in [-0.4, -0.2) is 50.8 Å². The van der Waals surface area contributed by atoms with Gasteiger partial charge in [0.1, 0.15) is 5.82 Å². The van der Waals surface area contributed by atoms with Crippen molar-refractivity contribution in [2.45, 2.75) is 37.5 Å². The van der Waals surface area contributed by atoms with Crippen LogP contribution in [0, 0.1) is 0 Å². The van der Waals surface area contributed by atoms with E-state index in [0.29, 0.717) is 6.04 Å². The van der Waals surface area contributed by atoms with E-state index < -0.39 is 0 Å². The number of hydrogen-bond acceptors (Lipinski definition) is 5. The highest BCUT2D eigenvalue weighted by molar-refractivity contribution is 5.35. The van der Waals surface area contributed by atoms with E-state index in [-0.39, 0.29) is 5.60 Å². The number of pyridine rings is 1. The smallest absolute Gasteiger partial charge is 0.126 e. The van der Waals surface area contributed by atoms with Gasteiger partial charge in [-0.15, -0.1) is 0 Å². The van der Waals surface area contributed by atoms with Crippen LogP contribution in [0.25, 0.3) is 0 Å². The van der Waals surface area contributed by atoms with E-state index in [1.54, 1.807) is 0 Å². The van der Waals surface area contributed by atoms with Gasteiger partial charge < -0.3 is 14.6 Å². The number of likely N-dealkylation sites (tertiary alicyclic amines) is 1. The van der Waals surface area contributed by atoms with Crippen LogP contribution in [0.4, 0.5) is 5.82 Å². The Morgan fingerprint density at radius 3 is 3.17 bits per heavy atom. The predicted octanol–water partition coefficient (Wildman–Crippen LogP) is 2.05. The summed E-state index contributed by atoms with van der Waals surface area (Å²) in [7, 11) is 2.06. The maximum Gasteiger partial charge on any atom is 0.126 e. The first-order valence-electron chi connectivity index (χ1n) is 8.72. The fourth-order valence-electron chi connectivity index (χ4n) is 3.97. The minimum absolute atomic E-state index is 0.0106. The van der Waals surface area contributed by atoms with E-state index in [0.717, 1.165) is 44.9 Å². The van der Waals surface area contributed by atoms with Crippen molar-refractivity contribution in [2.24, 2.45) is 7.05 Å². The highest BCUT2D eigenvalue weighted by Gasteiger charge is 2.43. The molecule has 0 unspecified atom stereocenters. The van der Waals surface area contributed by atoms with Crippen molar-refractivity contribution in [3.63, 3.8) is 0 Å². The van der Waals surface area contributed by atoms with Crippen molar-refractivity contribution >= 4 is 5.82 Å². The van der Waals surface area contributed by atoms with Gasteiger partial charge in [-0.1, -0.05) is 6.07 Å². The van der Waals surface area contributed by atoms with Crippen LogP contribution in [0.2, 0.25) is 0 Å². The molecule has 24 heavy (non-hydrogen) atoms. The van der Waals surface area contributed by atoms with Crippen molar-refractivity contribution in [1.29, 1.82) is 0 Å². The highest BCUT2D eigenvalue weighted by atomic mass is 16.5. The van der Waals surface area contributed by atoms with Gasteiger partial charge in [0.2, 0.25) is 0 Å². The fraction of sp³-hybridized carbons (Fsp3) is 0.556. The number of hydrogen-bond donors (Lipinski definition) is 1. The van der Waals surface area contributed by atoms with Crippen LogP contribution in [0.3, 0.4) is 0 Å². The summed E-state index contributed by atoms with van der Waals surface area (Å²) in [6.07, 6.45) is 9.04. The molecule has 2 aromatic rings. The highest BCUT2D eigenvalue weighted by Crippen LogP contribution is 2.36. The summed E-state index contributed by atoms with van der Waals surface area (Å²) in [6.45, 7) is 3.84. The summed E-state index contributed by atoms with van der Waals surface area (Å²) >= 11 is 0. The summed E-state index contributed by atoms with van der Waals surface area (Å²) in [6, 6.07) is 6.31. The van der Waals surface area contributed by atoms with Crippen LogP contribution >= 0.6 is 0 Å². The molecule has 4 rings (SSSR count). The third-order valence-corrected chi connectivity index (χ3v) is 5.15. The molecule has 6 nitrogen and oxygen atoms in total. The SMILES string of the molecule is Cn1cncc1CN1CCC[C@@]2(C[C@H](Nc3ccccn3)CO2)C1. The molecule has 2 saturated heterocycles. The number of ether oxygens (including phenoxy) is 1. The van der Waals surface area contributed by atoms with E-state index in [9.17, 15) is 0 Å². The zero-order valence-electron chi connectivity index (χ0n) is 14.2. The number of nitrogens with one attached hydrogen (secondary N) is 1. The molecule has 1 N–H and O–H groups in total. The van der Waals surface area contributed by atoms with Crippen molar-refractivity contribution < 1.29 is 4.74 Å². The quantitative estimate of drug-likeness (QED) is 0.931. The number of rotatable bonds is 4. The Labute approximate surface area is 142 Å². The summed E-state index contributed by atoms with van der Waals surface area (Å²) in [5, 5.41) is 3.51. The lowest BCUT2D eigenvalue weighted by Crippen LogP contribution is -2.47. The molecule has 0 amide bonds. The van der Waals surface area contributed by atoms with Gasteiger partial charge >= 0.3 is 0 Å². The normalized spacial score (nSPS) is 27.6. The molecular formula is C18H25N5O.